The maximum atomic E-state index is 5.59. The molecule has 4 nitrogen and oxygen atoms in total. The van der Waals surface area contributed by atoms with Crippen LogP contribution in [-0.4, -0.2) is 15.8 Å². The number of hydrogen-bond donors (Lipinski definition) is 2. The summed E-state index contributed by atoms with van der Waals surface area (Å²) >= 11 is 0. The Balaban J connectivity index is 2.69. The van der Waals surface area contributed by atoms with E-state index in [0.29, 0.717) is 12.0 Å². The van der Waals surface area contributed by atoms with Gasteiger partial charge in [-0.25, -0.2) is 0 Å². The molecule has 0 bridgehead atoms. The Kier molecular flexibility index (Phi) is 4.96. The fourth-order valence-corrected chi connectivity index (χ4v) is 2.07. The fourth-order valence-electron chi connectivity index (χ4n) is 2.07. The van der Waals surface area contributed by atoms with E-state index in [4.69, 9.17) is 5.84 Å². The molecule has 0 aliphatic heterocycles. The summed E-state index contributed by atoms with van der Waals surface area (Å²) in [5, 5.41) is 4.44. The van der Waals surface area contributed by atoms with Gasteiger partial charge in [0.25, 0.3) is 0 Å². The number of hydrazine groups is 1. The van der Waals surface area contributed by atoms with Gasteiger partial charge < -0.3 is 0 Å². The molecule has 16 heavy (non-hydrogen) atoms. The lowest BCUT2D eigenvalue weighted by molar-refractivity contribution is 0.413. The molecule has 1 rings (SSSR count). The van der Waals surface area contributed by atoms with Gasteiger partial charge >= 0.3 is 0 Å². The molecule has 0 aliphatic rings. The van der Waals surface area contributed by atoms with Crippen LogP contribution in [0.15, 0.2) is 6.07 Å². The molecule has 0 aliphatic carbocycles. The normalized spacial score (nSPS) is 13.4. The van der Waals surface area contributed by atoms with Crippen molar-refractivity contribution in [2.24, 2.45) is 11.8 Å². The lowest BCUT2D eigenvalue weighted by atomic mass is 10.0. The summed E-state index contributed by atoms with van der Waals surface area (Å²) in [6.45, 7) is 9.49. The van der Waals surface area contributed by atoms with Crippen molar-refractivity contribution in [1.29, 1.82) is 0 Å². The van der Waals surface area contributed by atoms with Crippen molar-refractivity contribution in [1.82, 2.24) is 15.2 Å². The summed E-state index contributed by atoms with van der Waals surface area (Å²) in [5.74, 6) is 6.24. The first-order chi connectivity index (χ1) is 7.56. The Bertz CT molecular complexity index is 317. The van der Waals surface area contributed by atoms with Gasteiger partial charge in [-0.3, -0.25) is 16.0 Å². The molecule has 1 aromatic heterocycles. The van der Waals surface area contributed by atoms with Crippen LogP contribution in [0, 0.1) is 12.8 Å². The topological polar surface area (TPSA) is 55.9 Å². The number of nitrogens with one attached hydrogen (secondary N) is 1. The Labute approximate surface area is 98.2 Å². The van der Waals surface area contributed by atoms with E-state index in [1.807, 2.05) is 6.92 Å². The molecule has 4 heteroatoms. The van der Waals surface area contributed by atoms with Gasteiger partial charge in [0.1, 0.15) is 0 Å². The number of hydrogen-bond acceptors (Lipinski definition) is 3. The molecule has 0 aromatic carbocycles. The lowest BCUT2D eigenvalue weighted by Crippen LogP contribution is -2.38. The molecule has 0 saturated carbocycles. The van der Waals surface area contributed by atoms with Crippen molar-refractivity contribution in [3.8, 4) is 0 Å². The molecule has 0 saturated heterocycles. The van der Waals surface area contributed by atoms with Gasteiger partial charge in [-0.1, -0.05) is 13.8 Å². The monoisotopic (exact) mass is 224 g/mol. The van der Waals surface area contributed by atoms with Gasteiger partial charge in [0.2, 0.25) is 0 Å². The molecule has 1 unspecified atom stereocenters. The van der Waals surface area contributed by atoms with Crippen molar-refractivity contribution in [3.63, 3.8) is 0 Å². The van der Waals surface area contributed by atoms with Crippen molar-refractivity contribution in [2.75, 3.05) is 0 Å². The highest BCUT2D eigenvalue weighted by Crippen LogP contribution is 2.12. The largest absolute Gasteiger partial charge is 0.271 e. The predicted octanol–water partition coefficient (Wildman–Crippen LogP) is 1.63. The van der Waals surface area contributed by atoms with E-state index in [0.717, 1.165) is 25.1 Å². The minimum Gasteiger partial charge on any atom is -0.271 e. The molecule has 0 fully saturated rings. The molecule has 1 atom stereocenters. The maximum Gasteiger partial charge on any atom is 0.0596 e. The van der Waals surface area contributed by atoms with Crippen molar-refractivity contribution >= 4 is 0 Å². The smallest absolute Gasteiger partial charge is 0.0596 e. The van der Waals surface area contributed by atoms with Crippen molar-refractivity contribution in [2.45, 2.75) is 53.1 Å². The fraction of sp³-hybridized carbons (Fsp3) is 0.750. The summed E-state index contributed by atoms with van der Waals surface area (Å²) in [6.07, 6.45) is 2.04. The van der Waals surface area contributed by atoms with Crippen LogP contribution in [0.2, 0.25) is 0 Å². The van der Waals surface area contributed by atoms with Crippen LogP contribution in [0.1, 0.15) is 38.6 Å². The van der Waals surface area contributed by atoms with Crippen molar-refractivity contribution in [3.05, 3.63) is 17.5 Å². The summed E-state index contributed by atoms with van der Waals surface area (Å²) in [7, 11) is 0. The summed E-state index contributed by atoms with van der Waals surface area (Å²) in [6, 6.07) is 2.48. The second-order valence-electron chi connectivity index (χ2n) is 4.79. The van der Waals surface area contributed by atoms with E-state index in [1.54, 1.807) is 0 Å². The molecular weight excluding hydrogens is 200 g/mol. The molecule has 0 radical (unpaired) electrons. The summed E-state index contributed by atoms with van der Waals surface area (Å²) in [5.41, 5.74) is 5.25. The molecule has 92 valence electrons. The average molecular weight is 224 g/mol. The van der Waals surface area contributed by atoms with E-state index < -0.39 is 0 Å². The van der Waals surface area contributed by atoms with Crippen LogP contribution in [0.3, 0.4) is 0 Å². The minimum atomic E-state index is 0.335. The van der Waals surface area contributed by atoms with Gasteiger partial charge in [-0.15, -0.1) is 0 Å². The second-order valence-corrected chi connectivity index (χ2v) is 4.79. The first-order valence-electron chi connectivity index (χ1n) is 6.06. The second kappa shape index (κ2) is 6.01. The van der Waals surface area contributed by atoms with Crippen LogP contribution >= 0.6 is 0 Å². The highest BCUT2D eigenvalue weighted by molar-refractivity contribution is 5.10. The van der Waals surface area contributed by atoms with Gasteiger partial charge in [0.05, 0.1) is 5.69 Å². The van der Waals surface area contributed by atoms with E-state index in [2.05, 4.69) is 42.0 Å². The zero-order valence-corrected chi connectivity index (χ0v) is 10.8. The first kappa shape index (κ1) is 13.2. The highest BCUT2D eigenvalue weighted by Gasteiger charge is 2.13. The molecule has 0 spiro atoms. The minimum absolute atomic E-state index is 0.335. The Morgan fingerprint density at radius 2 is 2.19 bits per heavy atom. The standard InChI is InChI=1S/C12H24N4/c1-5-16-12(7-10(4)15-16)8-11(14-13)6-9(2)3/h7,9,11,14H,5-6,8,13H2,1-4H3. The number of nitrogens with two attached hydrogens (primary N) is 1. The zero-order valence-electron chi connectivity index (χ0n) is 10.8. The van der Waals surface area contributed by atoms with Crippen LogP contribution in [0.5, 0.6) is 0 Å². The van der Waals surface area contributed by atoms with Crippen LogP contribution in [0.4, 0.5) is 0 Å². The third-order valence-electron chi connectivity index (χ3n) is 2.73. The Morgan fingerprint density at radius 3 is 2.69 bits per heavy atom. The number of nitrogens with zero attached hydrogens (tertiary/aromatic N) is 2. The predicted molar refractivity (Wildman–Crippen MR) is 66.9 cm³/mol. The van der Waals surface area contributed by atoms with E-state index in [1.165, 1.54) is 5.69 Å². The lowest BCUT2D eigenvalue weighted by Gasteiger charge is -2.18. The van der Waals surface area contributed by atoms with Crippen LogP contribution in [0.25, 0.3) is 0 Å². The number of aromatic nitrogens is 2. The molecular formula is C12H24N4. The zero-order chi connectivity index (χ0) is 12.1. The maximum absolute atomic E-state index is 5.59. The summed E-state index contributed by atoms with van der Waals surface area (Å²) < 4.78 is 2.06. The third kappa shape index (κ3) is 3.61. The first-order valence-corrected chi connectivity index (χ1v) is 6.06. The molecule has 0 amide bonds. The van der Waals surface area contributed by atoms with Gasteiger partial charge in [0.15, 0.2) is 0 Å². The Hall–Kier alpha value is -0.870. The van der Waals surface area contributed by atoms with Gasteiger partial charge in [0, 0.05) is 24.7 Å². The van der Waals surface area contributed by atoms with E-state index >= 15 is 0 Å². The van der Waals surface area contributed by atoms with Crippen LogP contribution in [-0.2, 0) is 13.0 Å². The number of rotatable bonds is 6. The SMILES string of the molecule is CCn1nc(C)cc1CC(CC(C)C)NN. The summed E-state index contributed by atoms with van der Waals surface area (Å²) in [4.78, 5) is 0. The Morgan fingerprint density at radius 1 is 1.50 bits per heavy atom. The van der Waals surface area contributed by atoms with Gasteiger partial charge in [-0.05, 0) is 32.3 Å². The third-order valence-corrected chi connectivity index (χ3v) is 2.73. The van der Waals surface area contributed by atoms with E-state index in [9.17, 15) is 0 Å². The quantitative estimate of drug-likeness (QED) is 0.570. The number of aryl methyl sites for hydroxylation is 2. The van der Waals surface area contributed by atoms with Crippen LogP contribution < -0.4 is 11.3 Å². The van der Waals surface area contributed by atoms with Crippen molar-refractivity contribution < 1.29 is 0 Å². The molecule has 1 heterocycles. The highest BCUT2D eigenvalue weighted by atomic mass is 15.3. The molecule has 1 aromatic rings. The van der Waals surface area contributed by atoms with E-state index in [-0.39, 0.29) is 0 Å². The van der Waals surface area contributed by atoms with Gasteiger partial charge in [-0.2, -0.15) is 5.10 Å². The molecule has 3 N–H and O–H groups in total. The average Bonchev–Trinajstić information content (AvgIpc) is 2.57.